The second kappa shape index (κ2) is 10.1. The summed E-state index contributed by atoms with van der Waals surface area (Å²) in [6.07, 6.45) is 0. The topological polar surface area (TPSA) is 105 Å². The summed E-state index contributed by atoms with van der Waals surface area (Å²) in [4.78, 5) is 27.4. The van der Waals surface area contributed by atoms with Crippen LogP contribution in [0.3, 0.4) is 0 Å². The Morgan fingerprint density at radius 3 is 2.32 bits per heavy atom. The maximum absolute atomic E-state index is 12.9. The van der Waals surface area contributed by atoms with Crippen molar-refractivity contribution in [3.8, 4) is 5.75 Å². The highest BCUT2D eigenvalue weighted by atomic mass is 32.2. The van der Waals surface area contributed by atoms with Crippen molar-refractivity contribution in [2.45, 2.75) is 13.0 Å². The molecule has 34 heavy (non-hydrogen) atoms. The molecule has 0 saturated carbocycles. The van der Waals surface area contributed by atoms with Crippen LogP contribution in [0.25, 0.3) is 0 Å². The number of carbonyl (C=O) groups excluding carboxylic acids is 2. The maximum Gasteiger partial charge on any atom is 0.251 e. The Morgan fingerprint density at radius 1 is 1.12 bits per heavy atom. The first-order valence-electron chi connectivity index (χ1n) is 11.2. The van der Waals surface area contributed by atoms with Crippen molar-refractivity contribution < 1.29 is 27.5 Å². The quantitative estimate of drug-likeness (QED) is 0.635. The number of morpholine rings is 1. The minimum Gasteiger partial charge on any atom is -0.497 e. The summed E-state index contributed by atoms with van der Waals surface area (Å²) in [7, 11) is -2.06. The van der Waals surface area contributed by atoms with Gasteiger partial charge in [0, 0.05) is 25.2 Å². The average Bonchev–Trinajstić information content (AvgIpc) is 3.06. The van der Waals surface area contributed by atoms with Gasteiger partial charge < -0.3 is 14.8 Å². The van der Waals surface area contributed by atoms with Crippen LogP contribution in [0.15, 0.2) is 48.5 Å². The number of nitrogens with zero attached hydrogens (tertiary/aromatic N) is 2. The van der Waals surface area contributed by atoms with E-state index >= 15 is 0 Å². The molecule has 2 aromatic rings. The summed E-state index contributed by atoms with van der Waals surface area (Å²) in [5.41, 5.74) is 1.69. The van der Waals surface area contributed by atoms with Gasteiger partial charge >= 0.3 is 0 Å². The highest BCUT2D eigenvalue weighted by Crippen LogP contribution is 2.28. The number of hydrogen-bond donors (Lipinski definition) is 1. The third-order valence-electron chi connectivity index (χ3n) is 6.17. The molecule has 4 rings (SSSR count). The van der Waals surface area contributed by atoms with Crippen molar-refractivity contribution in [2.24, 2.45) is 5.92 Å². The number of methoxy groups -OCH3 is 1. The van der Waals surface area contributed by atoms with Crippen molar-refractivity contribution in [1.82, 2.24) is 10.2 Å². The largest absolute Gasteiger partial charge is 0.497 e. The zero-order chi connectivity index (χ0) is 24.3. The first-order chi connectivity index (χ1) is 16.3. The number of nitrogens with one attached hydrogen (secondary N) is 1. The van der Waals surface area contributed by atoms with E-state index in [2.05, 4.69) is 10.2 Å². The number of benzene rings is 2. The van der Waals surface area contributed by atoms with Gasteiger partial charge in [-0.15, -0.1) is 0 Å². The molecule has 2 saturated heterocycles. The number of hydrogen-bond acceptors (Lipinski definition) is 7. The van der Waals surface area contributed by atoms with E-state index in [1.165, 1.54) is 24.3 Å². The molecule has 0 bridgehead atoms. The van der Waals surface area contributed by atoms with Crippen LogP contribution in [0.2, 0.25) is 0 Å². The van der Waals surface area contributed by atoms with Gasteiger partial charge in [0.15, 0.2) is 0 Å². The van der Waals surface area contributed by atoms with Crippen LogP contribution in [0.1, 0.15) is 28.9 Å². The van der Waals surface area contributed by atoms with Crippen LogP contribution in [0, 0.1) is 5.92 Å². The number of ether oxygens (including phenoxy) is 2. The fourth-order valence-corrected chi connectivity index (χ4v) is 6.12. The molecule has 2 atom stereocenters. The lowest BCUT2D eigenvalue weighted by Gasteiger charge is -2.35. The highest BCUT2D eigenvalue weighted by molar-refractivity contribution is 7.94. The molecule has 2 aromatic carbocycles. The third-order valence-corrected chi connectivity index (χ3v) is 8.04. The first kappa shape index (κ1) is 24.2. The van der Waals surface area contributed by atoms with Gasteiger partial charge in [0.2, 0.25) is 15.9 Å². The van der Waals surface area contributed by atoms with E-state index in [9.17, 15) is 18.0 Å². The Morgan fingerprint density at radius 2 is 1.76 bits per heavy atom. The Kier molecular flexibility index (Phi) is 7.20. The summed E-state index contributed by atoms with van der Waals surface area (Å²) in [6.45, 7) is 4.78. The van der Waals surface area contributed by atoms with E-state index in [0.717, 1.165) is 28.7 Å². The zero-order valence-electron chi connectivity index (χ0n) is 19.3. The normalized spacial score (nSPS) is 21.3. The van der Waals surface area contributed by atoms with E-state index in [1.54, 1.807) is 14.0 Å². The molecule has 2 unspecified atom stereocenters. The average molecular weight is 488 g/mol. The van der Waals surface area contributed by atoms with Crippen molar-refractivity contribution in [3.63, 3.8) is 0 Å². The number of sulfonamides is 1. The number of rotatable bonds is 7. The molecule has 2 amide bonds. The predicted molar refractivity (Wildman–Crippen MR) is 127 cm³/mol. The molecule has 9 nitrogen and oxygen atoms in total. The Balaban J connectivity index is 1.46. The summed E-state index contributed by atoms with van der Waals surface area (Å²) < 4.78 is 36.2. The number of carbonyl (C=O) groups is 2. The van der Waals surface area contributed by atoms with Crippen LogP contribution in [-0.4, -0.2) is 70.8 Å². The SMILES string of the molecule is COc1ccc(C(CNC(=O)c2ccc(N3C(=O)C(C)CS3(=O)=O)cc2)N2CCOCC2)cc1. The molecule has 0 aliphatic carbocycles. The van der Waals surface area contributed by atoms with Crippen LogP contribution in [-0.2, 0) is 19.6 Å². The van der Waals surface area contributed by atoms with Gasteiger partial charge in [0.05, 0.1) is 43.7 Å². The molecule has 182 valence electrons. The van der Waals surface area contributed by atoms with Crippen LogP contribution in [0.5, 0.6) is 5.75 Å². The molecule has 0 spiro atoms. The molecule has 2 heterocycles. The van der Waals surface area contributed by atoms with E-state index in [0.29, 0.717) is 25.3 Å². The van der Waals surface area contributed by atoms with E-state index < -0.39 is 21.8 Å². The second-order valence-electron chi connectivity index (χ2n) is 8.48. The first-order valence-corrected chi connectivity index (χ1v) is 12.8. The predicted octanol–water partition coefficient (Wildman–Crippen LogP) is 1.81. The summed E-state index contributed by atoms with van der Waals surface area (Å²) >= 11 is 0. The molecule has 2 fully saturated rings. The molecule has 0 aromatic heterocycles. The van der Waals surface area contributed by atoms with Gasteiger partial charge in [0.1, 0.15) is 5.75 Å². The smallest absolute Gasteiger partial charge is 0.251 e. The maximum atomic E-state index is 12.9. The molecule has 2 aliphatic rings. The highest BCUT2D eigenvalue weighted by Gasteiger charge is 2.41. The molecular formula is C24H29N3O6S. The zero-order valence-corrected chi connectivity index (χ0v) is 20.1. The molecule has 0 radical (unpaired) electrons. The van der Waals surface area contributed by atoms with Crippen molar-refractivity contribution >= 4 is 27.5 Å². The van der Waals surface area contributed by atoms with E-state index in [1.807, 2.05) is 24.3 Å². The van der Waals surface area contributed by atoms with Gasteiger partial charge in [-0.25, -0.2) is 12.7 Å². The lowest BCUT2D eigenvalue weighted by Crippen LogP contribution is -2.43. The summed E-state index contributed by atoms with van der Waals surface area (Å²) in [5, 5.41) is 2.99. The lowest BCUT2D eigenvalue weighted by molar-refractivity contribution is -0.119. The van der Waals surface area contributed by atoms with Crippen molar-refractivity contribution in [1.29, 1.82) is 0 Å². The molecule has 2 aliphatic heterocycles. The summed E-state index contributed by atoms with van der Waals surface area (Å²) in [6, 6.07) is 13.8. The number of anilines is 1. The van der Waals surface area contributed by atoms with Crippen molar-refractivity contribution in [3.05, 3.63) is 59.7 Å². The van der Waals surface area contributed by atoms with E-state index in [4.69, 9.17) is 9.47 Å². The van der Waals surface area contributed by atoms with Crippen LogP contribution in [0.4, 0.5) is 5.69 Å². The fraction of sp³-hybridized carbons (Fsp3) is 0.417. The van der Waals surface area contributed by atoms with Gasteiger partial charge in [0.25, 0.3) is 5.91 Å². The Bertz CT molecular complexity index is 1130. The Hall–Kier alpha value is -2.95. The van der Waals surface area contributed by atoms with Crippen molar-refractivity contribution in [2.75, 3.05) is 50.0 Å². The van der Waals surface area contributed by atoms with Crippen LogP contribution >= 0.6 is 0 Å². The van der Waals surface area contributed by atoms with Crippen LogP contribution < -0.4 is 14.4 Å². The summed E-state index contributed by atoms with van der Waals surface area (Å²) in [5.74, 6) is -0.751. The van der Waals surface area contributed by atoms with E-state index in [-0.39, 0.29) is 23.4 Å². The number of amides is 2. The minimum atomic E-state index is -3.68. The minimum absolute atomic E-state index is 0.0353. The molecular weight excluding hydrogens is 458 g/mol. The lowest BCUT2D eigenvalue weighted by atomic mass is 10.0. The van der Waals surface area contributed by atoms with Gasteiger partial charge in [-0.2, -0.15) is 0 Å². The van der Waals surface area contributed by atoms with Gasteiger partial charge in [-0.05, 0) is 42.0 Å². The molecule has 10 heteroatoms. The monoisotopic (exact) mass is 487 g/mol. The standard InChI is InChI=1S/C24H29N3O6S/c1-17-16-34(30,31)27(24(17)29)20-7-3-19(4-8-20)23(28)25-15-22(26-11-13-33-14-12-26)18-5-9-21(32-2)10-6-18/h3-10,17,22H,11-16H2,1-2H3,(H,25,28). The third kappa shape index (κ3) is 5.08. The fourth-order valence-electron chi connectivity index (χ4n) is 4.30. The molecule has 1 N–H and O–H groups in total. The Labute approximate surface area is 199 Å². The van der Waals surface area contributed by atoms with Gasteiger partial charge in [-0.1, -0.05) is 19.1 Å². The second-order valence-corrected chi connectivity index (χ2v) is 10.3. The van der Waals surface area contributed by atoms with Gasteiger partial charge in [-0.3, -0.25) is 14.5 Å².